The van der Waals surface area contributed by atoms with Crippen molar-refractivity contribution in [1.82, 2.24) is 0 Å². The molecule has 1 N–H and O–H groups in total. The quantitative estimate of drug-likeness (QED) is 0.797. The van der Waals surface area contributed by atoms with Crippen LogP contribution in [0.25, 0.3) is 0 Å². The molecule has 0 aromatic heterocycles. The first-order valence-corrected chi connectivity index (χ1v) is 9.15. The molecule has 0 bridgehead atoms. The minimum Gasteiger partial charge on any atom is -0.462 e. The van der Waals surface area contributed by atoms with Crippen LogP contribution in [0.2, 0.25) is 0 Å². The number of esters is 2. The van der Waals surface area contributed by atoms with Gasteiger partial charge in [-0.15, -0.1) is 0 Å². The lowest BCUT2D eigenvalue weighted by Gasteiger charge is -2.56. The molecule has 2 saturated carbocycles. The number of fused-ring (bicyclic) bond motifs is 1. The van der Waals surface area contributed by atoms with E-state index in [0.29, 0.717) is 0 Å². The maximum absolute atomic E-state index is 11.7. The lowest BCUT2D eigenvalue weighted by atomic mass is 9.52. The average molecular weight is 340 g/mol. The number of hydrogen-bond acceptors (Lipinski definition) is 5. The normalized spacial score (nSPS) is 40.3. The first-order valence-electron chi connectivity index (χ1n) is 9.15. The van der Waals surface area contributed by atoms with Gasteiger partial charge in [-0.25, -0.2) is 0 Å². The molecule has 0 saturated heterocycles. The van der Waals surface area contributed by atoms with Crippen LogP contribution in [0.5, 0.6) is 0 Å². The Morgan fingerprint density at radius 2 is 1.75 bits per heavy atom. The summed E-state index contributed by atoms with van der Waals surface area (Å²) in [6.07, 6.45) is 3.50. The van der Waals surface area contributed by atoms with Crippen LogP contribution in [0.3, 0.4) is 0 Å². The summed E-state index contributed by atoms with van der Waals surface area (Å²) in [6, 6.07) is 0. The fourth-order valence-electron chi connectivity index (χ4n) is 5.16. The fourth-order valence-corrected chi connectivity index (χ4v) is 5.16. The number of aliphatic hydroxyl groups is 1. The highest BCUT2D eigenvalue weighted by Crippen LogP contribution is 2.56. The van der Waals surface area contributed by atoms with Crippen molar-refractivity contribution >= 4 is 11.9 Å². The van der Waals surface area contributed by atoms with E-state index in [-0.39, 0.29) is 59.8 Å². The summed E-state index contributed by atoms with van der Waals surface area (Å²) >= 11 is 0. The van der Waals surface area contributed by atoms with Gasteiger partial charge in [0.25, 0.3) is 0 Å². The monoisotopic (exact) mass is 340 g/mol. The van der Waals surface area contributed by atoms with Crippen molar-refractivity contribution in [3.8, 4) is 0 Å². The second-order valence-electron chi connectivity index (χ2n) is 8.16. The van der Waals surface area contributed by atoms with Crippen LogP contribution >= 0.6 is 0 Å². The molecule has 2 rings (SSSR count). The second kappa shape index (κ2) is 7.42. The highest BCUT2D eigenvalue weighted by atomic mass is 16.5. The van der Waals surface area contributed by atoms with Crippen LogP contribution in [0.1, 0.15) is 60.3 Å². The van der Waals surface area contributed by atoms with Gasteiger partial charge in [-0.05, 0) is 42.9 Å². The van der Waals surface area contributed by atoms with Crippen molar-refractivity contribution in [3.63, 3.8) is 0 Å². The van der Waals surface area contributed by atoms with Gasteiger partial charge < -0.3 is 14.6 Å². The molecule has 0 unspecified atom stereocenters. The number of aliphatic hydroxyl groups excluding tert-OH is 1. The number of hydrogen-bond donors (Lipinski definition) is 1. The zero-order valence-corrected chi connectivity index (χ0v) is 15.6. The van der Waals surface area contributed by atoms with E-state index in [0.717, 1.165) is 25.7 Å². The third-order valence-electron chi connectivity index (χ3n) is 6.42. The summed E-state index contributed by atoms with van der Waals surface area (Å²) < 4.78 is 11.3. The van der Waals surface area contributed by atoms with Crippen molar-refractivity contribution in [2.45, 2.75) is 72.5 Å². The summed E-state index contributed by atoms with van der Waals surface area (Å²) in [5.74, 6) is -0.0228. The number of ether oxygens (including phenoxy) is 2. The first kappa shape index (κ1) is 19.2. The minimum absolute atomic E-state index is 0.0835. The minimum atomic E-state index is -0.277. The molecule has 0 heterocycles. The van der Waals surface area contributed by atoms with Gasteiger partial charge in [0.05, 0.1) is 0 Å². The van der Waals surface area contributed by atoms with Crippen LogP contribution in [0.4, 0.5) is 0 Å². The molecule has 2 aliphatic carbocycles. The SMILES string of the molecule is CC(=O)O[C@H]1[C@H]([C@H](C)CO)CC[C@@]2(C)CC[C@H](OC(C)=O)[C@H](C)[C@H]12. The molecule has 0 aliphatic heterocycles. The third-order valence-corrected chi connectivity index (χ3v) is 6.42. The van der Waals surface area contributed by atoms with E-state index in [1.165, 1.54) is 13.8 Å². The zero-order chi connectivity index (χ0) is 18.1. The number of carbonyl (C=O) groups is 2. The topological polar surface area (TPSA) is 72.8 Å². The Kier molecular flexibility index (Phi) is 5.95. The van der Waals surface area contributed by atoms with Crippen molar-refractivity contribution in [2.75, 3.05) is 6.61 Å². The Balaban J connectivity index is 2.33. The largest absolute Gasteiger partial charge is 0.462 e. The Morgan fingerprint density at radius 1 is 1.17 bits per heavy atom. The number of carbonyl (C=O) groups excluding carboxylic acids is 2. The second-order valence-corrected chi connectivity index (χ2v) is 8.16. The number of rotatable bonds is 4. The molecule has 0 amide bonds. The predicted molar refractivity (Wildman–Crippen MR) is 90.1 cm³/mol. The highest BCUT2D eigenvalue weighted by Gasteiger charge is 2.55. The third kappa shape index (κ3) is 3.76. The molecular formula is C19H32O5. The van der Waals surface area contributed by atoms with E-state index in [1.807, 2.05) is 6.92 Å². The van der Waals surface area contributed by atoms with Gasteiger partial charge in [-0.1, -0.05) is 20.8 Å². The van der Waals surface area contributed by atoms with E-state index in [1.54, 1.807) is 0 Å². The van der Waals surface area contributed by atoms with Gasteiger partial charge in [-0.3, -0.25) is 9.59 Å². The molecule has 2 aliphatic rings. The van der Waals surface area contributed by atoms with Gasteiger partial charge in [0, 0.05) is 32.3 Å². The van der Waals surface area contributed by atoms with Gasteiger partial charge in [0.15, 0.2) is 0 Å². The van der Waals surface area contributed by atoms with Crippen molar-refractivity contribution in [3.05, 3.63) is 0 Å². The molecule has 0 aromatic carbocycles. The molecule has 2 fully saturated rings. The van der Waals surface area contributed by atoms with E-state index in [9.17, 15) is 14.7 Å². The molecule has 5 nitrogen and oxygen atoms in total. The van der Waals surface area contributed by atoms with E-state index >= 15 is 0 Å². The maximum Gasteiger partial charge on any atom is 0.302 e. The van der Waals surface area contributed by atoms with Gasteiger partial charge in [0.1, 0.15) is 12.2 Å². The summed E-state index contributed by atoms with van der Waals surface area (Å²) in [7, 11) is 0. The van der Waals surface area contributed by atoms with E-state index in [2.05, 4.69) is 13.8 Å². The van der Waals surface area contributed by atoms with Crippen molar-refractivity contribution in [2.24, 2.45) is 29.1 Å². The molecule has 0 aromatic rings. The highest BCUT2D eigenvalue weighted by molar-refractivity contribution is 5.66. The fraction of sp³-hybridized carbons (Fsp3) is 0.895. The van der Waals surface area contributed by atoms with Crippen LogP contribution in [0, 0.1) is 29.1 Å². The predicted octanol–water partition coefficient (Wildman–Crippen LogP) is 2.94. The van der Waals surface area contributed by atoms with E-state index in [4.69, 9.17) is 9.47 Å². The van der Waals surface area contributed by atoms with Crippen LogP contribution in [0.15, 0.2) is 0 Å². The summed E-state index contributed by atoms with van der Waals surface area (Å²) in [5, 5.41) is 9.63. The zero-order valence-electron chi connectivity index (χ0n) is 15.6. The van der Waals surface area contributed by atoms with Gasteiger partial charge in [0.2, 0.25) is 0 Å². The first-order chi connectivity index (χ1) is 11.2. The molecule has 24 heavy (non-hydrogen) atoms. The standard InChI is InChI=1S/C19H32O5/c1-11(10-20)15-6-8-19(5)9-7-16(23-13(3)21)12(2)17(19)18(15)24-14(4)22/h11-12,15-18,20H,6-10H2,1-5H3/t11-,12+,15+,16+,17-,18+,19+/m1/s1. The van der Waals surface area contributed by atoms with Crippen molar-refractivity contribution < 1.29 is 24.2 Å². The lowest BCUT2D eigenvalue weighted by Crippen LogP contribution is -2.56. The summed E-state index contributed by atoms with van der Waals surface area (Å²) in [5.41, 5.74) is 0.0852. The Bertz CT molecular complexity index is 476. The summed E-state index contributed by atoms with van der Waals surface area (Å²) in [4.78, 5) is 23.2. The molecule has 0 spiro atoms. The molecule has 5 heteroatoms. The molecule has 138 valence electrons. The van der Waals surface area contributed by atoms with E-state index < -0.39 is 0 Å². The molecular weight excluding hydrogens is 308 g/mol. The van der Waals surface area contributed by atoms with Crippen molar-refractivity contribution in [1.29, 1.82) is 0 Å². The Morgan fingerprint density at radius 3 is 2.29 bits per heavy atom. The Hall–Kier alpha value is -1.10. The molecule has 0 radical (unpaired) electrons. The van der Waals surface area contributed by atoms with Crippen LogP contribution < -0.4 is 0 Å². The maximum atomic E-state index is 11.7. The smallest absolute Gasteiger partial charge is 0.302 e. The van der Waals surface area contributed by atoms with Crippen LogP contribution in [-0.2, 0) is 19.1 Å². The van der Waals surface area contributed by atoms with Gasteiger partial charge in [-0.2, -0.15) is 0 Å². The lowest BCUT2D eigenvalue weighted by molar-refractivity contribution is -0.191. The molecule has 7 atom stereocenters. The van der Waals surface area contributed by atoms with Gasteiger partial charge >= 0.3 is 11.9 Å². The van der Waals surface area contributed by atoms with Crippen LogP contribution in [-0.4, -0.2) is 35.9 Å². The average Bonchev–Trinajstić information content (AvgIpc) is 2.49. The summed E-state index contributed by atoms with van der Waals surface area (Å²) in [6.45, 7) is 9.38. The Labute approximate surface area is 145 Å².